The number of carbonyl (C=O) groups is 1. The van der Waals surface area contributed by atoms with Crippen molar-refractivity contribution < 1.29 is 4.79 Å². The number of aromatic nitrogens is 1. The molecule has 0 aromatic carbocycles. The fourth-order valence-corrected chi connectivity index (χ4v) is 3.31. The van der Waals surface area contributed by atoms with Crippen molar-refractivity contribution in [1.29, 1.82) is 0 Å². The van der Waals surface area contributed by atoms with E-state index in [0.717, 1.165) is 30.8 Å². The van der Waals surface area contributed by atoms with Gasteiger partial charge in [-0.25, -0.2) is 4.98 Å². The van der Waals surface area contributed by atoms with Gasteiger partial charge in [0.2, 0.25) is 5.91 Å². The molecule has 2 rings (SSSR count). The summed E-state index contributed by atoms with van der Waals surface area (Å²) in [4.78, 5) is 17.9. The zero-order chi connectivity index (χ0) is 13.8. The van der Waals surface area contributed by atoms with Crippen LogP contribution in [-0.2, 0) is 11.2 Å². The number of amides is 1. The number of carbonyl (C=O) groups excluding carboxylic acids is 1. The minimum Gasteiger partial charge on any atom is -0.347 e. The second-order valence-electron chi connectivity index (χ2n) is 5.33. The quantitative estimate of drug-likeness (QED) is 0.890. The molecule has 3 atom stereocenters. The summed E-state index contributed by atoms with van der Waals surface area (Å²) in [7, 11) is 0. The molecule has 5 heteroatoms. The van der Waals surface area contributed by atoms with Crippen LogP contribution in [-0.4, -0.2) is 23.5 Å². The highest BCUT2D eigenvalue weighted by Gasteiger charge is 2.26. The maximum atomic E-state index is 12.2. The van der Waals surface area contributed by atoms with Crippen molar-refractivity contribution in [3.05, 3.63) is 16.1 Å². The van der Waals surface area contributed by atoms with Gasteiger partial charge in [0.15, 0.2) is 0 Å². The van der Waals surface area contributed by atoms with Gasteiger partial charge in [0.25, 0.3) is 0 Å². The lowest BCUT2D eigenvalue weighted by molar-refractivity contribution is -0.126. The van der Waals surface area contributed by atoms with E-state index in [0.29, 0.717) is 6.04 Å². The van der Waals surface area contributed by atoms with E-state index < -0.39 is 0 Å². The summed E-state index contributed by atoms with van der Waals surface area (Å²) in [5.74, 6) is 0.318. The highest BCUT2D eigenvalue weighted by molar-refractivity contribution is 7.11. The number of nitrogens with zero attached hydrogens (tertiary/aromatic N) is 1. The minimum absolute atomic E-state index is 0.0167. The number of aryl methyl sites for hydroxylation is 1. The van der Waals surface area contributed by atoms with Crippen molar-refractivity contribution in [2.45, 2.75) is 52.1 Å². The van der Waals surface area contributed by atoms with Crippen molar-refractivity contribution in [2.75, 3.05) is 6.54 Å². The molecule has 0 saturated carbocycles. The molecular formula is C14H23N3OS. The second kappa shape index (κ2) is 6.48. The third-order valence-corrected chi connectivity index (χ3v) is 4.97. The Balaban J connectivity index is 1.90. The molecule has 0 aliphatic carbocycles. The van der Waals surface area contributed by atoms with E-state index in [1.165, 1.54) is 4.88 Å². The molecule has 1 saturated heterocycles. The van der Waals surface area contributed by atoms with Crippen molar-refractivity contribution >= 4 is 17.2 Å². The largest absolute Gasteiger partial charge is 0.347 e. The maximum absolute atomic E-state index is 12.2. The average molecular weight is 281 g/mol. The van der Waals surface area contributed by atoms with Crippen LogP contribution in [0.3, 0.4) is 0 Å². The first-order valence-corrected chi connectivity index (χ1v) is 7.90. The summed E-state index contributed by atoms with van der Waals surface area (Å²) in [5, 5.41) is 7.48. The van der Waals surface area contributed by atoms with Crippen molar-refractivity contribution in [3.8, 4) is 0 Å². The standard InChI is InChI=1S/C14H23N3OS/c1-4-12-8-16-14(19-12)10(3)17-13(18)11-5-6-15-9(2)7-11/h8-11,15H,4-7H2,1-3H3,(H,17,18). The predicted molar refractivity (Wildman–Crippen MR) is 78.2 cm³/mol. The van der Waals surface area contributed by atoms with Crippen LogP contribution in [0.5, 0.6) is 0 Å². The molecule has 2 heterocycles. The van der Waals surface area contributed by atoms with Crippen LogP contribution in [0.25, 0.3) is 0 Å². The Labute approximate surface area is 119 Å². The van der Waals surface area contributed by atoms with E-state index in [4.69, 9.17) is 0 Å². The lowest BCUT2D eigenvalue weighted by Gasteiger charge is -2.27. The Morgan fingerprint density at radius 3 is 3.11 bits per heavy atom. The van der Waals surface area contributed by atoms with Crippen molar-refractivity contribution in [2.24, 2.45) is 5.92 Å². The van der Waals surface area contributed by atoms with Crippen LogP contribution in [0.2, 0.25) is 0 Å². The van der Waals surface area contributed by atoms with Gasteiger partial charge in [-0.15, -0.1) is 11.3 Å². The molecule has 0 spiro atoms. The molecule has 3 unspecified atom stereocenters. The summed E-state index contributed by atoms with van der Waals surface area (Å²) in [6.07, 6.45) is 4.77. The van der Waals surface area contributed by atoms with Gasteiger partial charge >= 0.3 is 0 Å². The van der Waals surface area contributed by atoms with E-state index in [-0.39, 0.29) is 17.9 Å². The smallest absolute Gasteiger partial charge is 0.223 e. The SMILES string of the molecule is CCc1cnc(C(C)NC(=O)C2CCNC(C)C2)s1. The molecule has 2 N–H and O–H groups in total. The van der Waals surface area contributed by atoms with Crippen LogP contribution in [0.1, 0.15) is 49.5 Å². The van der Waals surface area contributed by atoms with Gasteiger partial charge in [0.05, 0.1) is 6.04 Å². The minimum atomic E-state index is 0.0167. The van der Waals surface area contributed by atoms with Gasteiger partial charge in [0.1, 0.15) is 5.01 Å². The number of nitrogens with one attached hydrogen (secondary N) is 2. The molecular weight excluding hydrogens is 258 g/mol. The normalized spacial score (nSPS) is 25.0. The van der Waals surface area contributed by atoms with Crippen molar-refractivity contribution in [3.63, 3.8) is 0 Å². The summed E-state index contributed by atoms with van der Waals surface area (Å²) >= 11 is 1.69. The number of thiazole rings is 1. The van der Waals surface area contributed by atoms with Crippen molar-refractivity contribution in [1.82, 2.24) is 15.6 Å². The number of rotatable bonds is 4. The monoisotopic (exact) mass is 281 g/mol. The zero-order valence-corrected chi connectivity index (χ0v) is 12.7. The predicted octanol–water partition coefficient (Wildman–Crippen LogP) is 2.27. The Kier molecular flexibility index (Phi) is 4.93. The average Bonchev–Trinajstić information content (AvgIpc) is 2.87. The molecule has 1 aliphatic heterocycles. The van der Waals surface area contributed by atoms with Gasteiger partial charge in [-0.3, -0.25) is 4.79 Å². The molecule has 1 amide bonds. The highest BCUT2D eigenvalue weighted by Crippen LogP contribution is 2.22. The Bertz CT molecular complexity index is 432. The van der Waals surface area contributed by atoms with E-state index in [9.17, 15) is 4.79 Å². The third kappa shape index (κ3) is 3.76. The lowest BCUT2D eigenvalue weighted by Crippen LogP contribution is -2.42. The number of hydrogen-bond donors (Lipinski definition) is 2. The summed E-state index contributed by atoms with van der Waals surface area (Å²) in [6, 6.07) is 0.453. The Morgan fingerprint density at radius 2 is 2.47 bits per heavy atom. The van der Waals surface area contributed by atoms with E-state index >= 15 is 0 Å². The number of piperidine rings is 1. The van der Waals surface area contributed by atoms with Gasteiger partial charge in [-0.05, 0) is 39.7 Å². The topological polar surface area (TPSA) is 54.0 Å². The molecule has 1 aromatic heterocycles. The third-order valence-electron chi connectivity index (χ3n) is 3.64. The van der Waals surface area contributed by atoms with E-state index in [1.54, 1.807) is 11.3 Å². The van der Waals surface area contributed by atoms with Crippen LogP contribution >= 0.6 is 11.3 Å². The highest BCUT2D eigenvalue weighted by atomic mass is 32.1. The molecule has 1 aliphatic rings. The van der Waals surface area contributed by atoms with Crippen LogP contribution in [0.4, 0.5) is 0 Å². The van der Waals surface area contributed by atoms with Gasteiger partial charge in [-0.1, -0.05) is 6.92 Å². The molecule has 0 bridgehead atoms. The molecule has 1 aromatic rings. The summed E-state index contributed by atoms with van der Waals surface area (Å²) < 4.78 is 0. The fourth-order valence-electron chi connectivity index (χ4n) is 2.45. The Hall–Kier alpha value is -0.940. The number of hydrogen-bond acceptors (Lipinski definition) is 4. The first kappa shape index (κ1) is 14.5. The molecule has 106 valence electrons. The van der Waals surface area contributed by atoms with E-state index in [2.05, 4.69) is 29.5 Å². The lowest BCUT2D eigenvalue weighted by atomic mass is 9.92. The second-order valence-corrected chi connectivity index (χ2v) is 6.47. The molecule has 1 fully saturated rings. The Morgan fingerprint density at radius 1 is 1.68 bits per heavy atom. The van der Waals surface area contributed by atoms with Crippen LogP contribution < -0.4 is 10.6 Å². The molecule has 0 radical (unpaired) electrons. The van der Waals surface area contributed by atoms with Gasteiger partial charge < -0.3 is 10.6 Å². The van der Waals surface area contributed by atoms with E-state index in [1.807, 2.05) is 13.1 Å². The maximum Gasteiger partial charge on any atom is 0.223 e. The zero-order valence-electron chi connectivity index (χ0n) is 11.9. The fraction of sp³-hybridized carbons (Fsp3) is 0.714. The van der Waals surface area contributed by atoms with Crippen LogP contribution in [0, 0.1) is 5.92 Å². The van der Waals surface area contributed by atoms with Gasteiger partial charge in [-0.2, -0.15) is 0 Å². The van der Waals surface area contributed by atoms with Crippen LogP contribution in [0.15, 0.2) is 6.20 Å². The first-order valence-electron chi connectivity index (χ1n) is 7.08. The molecule has 19 heavy (non-hydrogen) atoms. The summed E-state index contributed by atoms with van der Waals surface area (Å²) in [5.41, 5.74) is 0. The molecule has 4 nitrogen and oxygen atoms in total. The van der Waals surface area contributed by atoms with Gasteiger partial charge in [0, 0.05) is 23.0 Å². The first-order chi connectivity index (χ1) is 9.10. The summed E-state index contributed by atoms with van der Waals surface area (Å²) in [6.45, 7) is 7.21.